The molecular formula is C10H18BrNO. The summed E-state index contributed by atoms with van der Waals surface area (Å²) in [5.41, 5.74) is 0. The second kappa shape index (κ2) is 5.63. The van der Waals surface area contributed by atoms with Crippen LogP contribution in [0.25, 0.3) is 0 Å². The van der Waals surface area contributed by atoms with E-state index >= 15 is 0 Å². The molecule has 1 aliphatic rings. The number of carbonyl (C=O) groups excluding carboxylic acids is 1. The van der Waals surface area contributed by atoms with Crippen molar-refractivity contribution in [3.05, 3.63) is 0 Å². The topological polar surface area (TPSA) is 20.3 Å². The third-order valence-corrected chi connectivity index (χ3v) is 2.97. The molecule has 0 aliphatic heterocycles. The molecule has 0 bridgehead atoms. The normalized spacial score (nSPS) is 16.8. The summed E-state index contributed by atoms with van der Waals surface area (Å²) in [7, 11) is 0. The number of hydrogen-bond donors (Lipinski definition) is 0. The fourth-order valence-corrected chi connectivity index (χ4v) is 2.05. The molecule has 0 saturated heterocycles. The van der Waals surface area contributed by atoms with Gasteiger partial charge in [0.15, 0.2) is 0 Å². The monoisotopic (exact) mass is 247 g/mol. The fraction of sp³-hybridized carbons (Fsp3) is 0.900. The molecule has 1 saturated carbocycles. The van der Waals surface area contributed by atoms with Crippen molar-refractivity contribution in [3.8, 4) is 0 Å². The van der Waals surface area contributed by atoms with Crippen molar-refractivity contribution in [2.45, 2.75) is 32.6 Å². The molecule has 0 atom stereocenters. The third-order valence-electron chi connectivity index (χ3n) is 2.61. The summed E-state index contributed by atoms with van der Waals surface area (Å²) in [5, 5.41) is 0.894. The predicted molar refractivity (Wildman–Crippen MR) is 58.0 cm³/mol. The maximum absolute atomic E-state index is 11.8. The summed E-state index contributed by atoms with van der Waals surface area (Å²) < 4.78 is 0. The van der Waals surface area contributed by atoms with Gasteiger partial charge in [-0.2, -0.15) is 0 Å². The van der Waals surface area contributed by atoms with Crippen LogP contribution in [0.3, 0.4) is 0 Å². The van der Waals surface area contributed by atoms with Crippen molar-refractivity contribution in [3.63, 3.8) is 0 Å². The van der Waals surface area contributed by atoms with Crippen molar-refractivity contribution in [2.24, 2.45) is 5.92 Å². The highest BCUT2D eigenvalue weighted by Crippen LogP contribution is 2.28. The number of alkyl halides is 1. The quantitative estimate of drug-likeness (QED) is 0.684. The lowest BCUT2D eigenvalue weighted by atomic mass is 9.84. The van der Waals surface area contributed by atoms with Gasteiger partial charge in [0.2, 0.25) is 5.91 Å². The molecule has 0 spiro atoms. The minimum atomic E-state index is 0.352. The van der Waals surface area contributed by atoms with E-state index in [2.05, 4.69) is 22.9 Å². The average Bonchev–Trinajstić information content (AvgIpc) is 2.01. The first-order valence-electron chi connectivity index (χ1n) is 5.14. The van der Waals surface area contributed by atoms with Crippen LogP contribution in [0, 0.1) is 5.92 Å². The molecule has 0 radical (unpaired) electrons. The van der Waals surface area contributed by atoms with Gasteiger partial charge in [-0.25, -0.2) is 0 Å². The zero-order valence-electron chi connectivity index (χ0n) is 8.26. The van der Waals surface area contributed by atoms with Crippen LogP contribution in [0.4, 0.5) is 0 Å². The van der Waals surface area contributed by atoms with Crippen LogP contribution >= 0.6 is 15.9 Å². The molecule has 1 fully saturated rings. The Hall–Kier alpha value is -0.0500. The lowest BCUT2D eigenvalue weighted by Gasteiger charge is -2.31. The van der Waals surface area contributed by atoms with Gasteiger partial charge in [0.1, 0.15) is 0 Å². The summed E-state index contributed by atoms with van der Waals surface area (Å²) in [4.78, 5) is 13.8. The lowest BCUT2D eigenvalue weighted by molar-refractivity contribution is -0.137. The molecule has 1 amide bonds. The van der Waals surface area contributed by atoms with Crippen molar-refractivity contribution in [2.75, 3.05) is 18.4 Å². The van der Waals surface area contributed by atoms with E-state index < -0.39 is 0 Å². The highest BCUT2D eigenvalue weighted by Gasteiger charge is 2.28. The summed E-state index contributed by atoms with van der Waals surface area (Å²) in [6.07, 6.45) is 4.53. The van der Waals surface area contributed by atoms with E-state index in [1.807, 2.05) is 4.90 Å². The molecule has 0 heterocycles. The first kappa shape index (κ1) is 11.0. The number of carbonyl (C=O) groups is 1. The maximum atomic E-state index is 11.8. The average molecular weight is 248 g/mol. The largest absolute Gasteiger partial charge is 0.342 e. The van der Waals surface area contributed by atoms with Crippen molar-refractivity contribution < 1.29 is 4.79 Å². The van der Waals surface area contributed by atoms with Crippen LogP contribution in [-0.4, -0.2) is 29.2 Å². The number of amides is 1. The molecular weight excluding hydrogens is 230 g/mol. The minimum Gasteiger partial charge on any atom is -0.342 e. The molecule has 13 heavy (non-hydrogen) atoms. The molecule has 76 valence electrons. The second-order valence-corrected chi connectivity index (χ2v) is 4.44. The molecule has 1 aliphatic carbocycles. The Morgan fingerprint density at radius 2 is 2.15 bits per heavy atom. The van der Waals surface area contributed by atoms with Crippen LogP contribution in [-0.2, 0) is 4.79 Å². The van der Waals surface area contributed by atoms with Gasteiger partial charge >= 0.3 is 0 Å². The van der Waals surface area contributed by atoms with Crippen molar-refractivity contribution in [1.29, 1.82) is 0 Å². The molecule has 0 unspecified atom stereocenters. The Bertz CT molecular complexity index is 162. The molecule has 1 rings (SSSR count). The Labute approximate surface area is 88.8 Å². The molecule has 0 aromatic heterocycles. The predicted octanol–water partition coefficient (Wildman–Crippen LogP) is 2.42. The Kier molecular flexibility index (Phi) is 4.78. The highest BCUT2D eigenvalue weighted by atomic mass is 79.9. The van der Waals surface area contributed by atoms with Gasteiger partial charge in [-0.15, -0.1) is 0 Å². The van der Waals surface area contributed by atoms with E-state index in [4.69, 9.17) is 0 Å². The molecule has 0 aromatic carbocycles. The van der Waals surface area contributed by atoms with Gasteiger partial charge in [-0.05, 0) is 19.3 Å². The van der Waals surface area contributed by atoms with Crippen LogP contribution < -0.4 is 0 Å². The Morgan fingerprint density at radius 3 is 2.54 bits per heavy atom. The van der Waals surface area contributed by atoms with Gasteiger partial charge in [-0.3, -0.25) is 4.79 Å². The first-order chi connectivity index (χ1) is 6.29. The van der Waals surface area contributed by atoms with Crippen molar-refractivity contribution >= 4 is 21.8 Å². The van der Waals surface area contributed by atoms with Gasteiger partial charge < -0.3 is 4.90 Å². The van der Waals surface area contributed by atoms with E-state index in [0.29, 0.717) is 11.8 Å². The van der Waals surface area contributed by atoms with Gasteiger partial charge in [0, 0.05) is 24.3 Å². The standard InChI is InChI=1S/C10H18BrNO/c1-2-7-12(8-6-11)10(13)9-4-3-5-9/h9H,2-8H2,1H3. The zero-order valence-corrected chi connectivity index (χ0v) is 9.85. The second-order valence-electron chi connectivity index (χ2n) is 3.64. The summed E-state index contributed by atoms with van der Waals surface area (Å²) in [6, 6.07) is 0. The molecule has 3 heteroatoms. The number of nitrogens with zero attached hydrogens (tertiary/aromatic N) is 1. The van der Waals surface area contributed by atoms with E-state index in [9.17, 15) is 4.79 Å². The minimum absolute atomic E-state index is 0.352. The van der Waals surface area contributed by atoms with Gasteiger partial charge in [-0.1, -0.05) is 29.3 Å². The molecule has 0 aromatic rings. The summed E-state index contributed by atoms with van der Waals surface area (Å²) in [6.45, 7) is 3.90. The Balaban J connectivity index is 2.37. The maximum Gasteiger partial charge on any atom is 0.225 e. The number of hydrogen-bond acceptors (Lipinski definition) is 1. The van der Waals surface area contributed by atoms with Crippen molar-refractivity contribution in [1.82, 2.24) is 4.90 Å². The van der Waals surface area contributed by atoms with Crippen LogP contribution in [0.2, 0.25) is 0 Å². The van der Waals surface area contributed by atoms with E-state index in [0.717, 1.165) is 37.7 Å². The number of halogens is 1. The number of rotatable bonds is 5. The zero-order chi connectivity index (χ0) is 9.68. The highest BCUT2D eigenvalue weighted by molar-refractivity contribution is 9.09. The summed E-state index contributed by atoms with van der Waals surface area (Å²) >= 11 is 3.38. The summed E-state index contributed by atoms with van der Waals surface area (Å²) in [5.74, 6) is 0.734. The first-order valence-corrected chi connectivity index (χ1v) is 6.26. The van der Waals surface area contributed by atoms with Gasteiger partial charge in [0.05, 0.1) is 0 Å². The Morgan fingerprint density at radius 1 is 1.46 bits per heavy atom. The van der Waals surface area contributed by atoms with Crippen LogP contribution in [0.1, 0.15) is 32.6 Å². The van der Waals surface area contributed by atoms with E-state index in [1.54, 1.807) is 0 Å². The third kappa shape index (κ3) is 2.97. The smallest absolute Gasteiger partial charge is 0.225 e. The van der Waals surface area contributed by atoms with E-state index in [1.165, 1.54) is 6.42 Å². The molecule has 2 nitrogen and oxygen atoms in total. The van der Waals surface area contributed by atoms with Crippen LogP contribution in [0.5, 0.6) is 0 Å². The SMILES string of the molecule is CCCN(CCBr)C(=O)C1CCC1. The van der Waals surface area contributed by atoms with Crippen LogP contribution in [0.15, 0.2) is 0 Å². The fourth-order valence-electron chi connectivity index (χ4n) is 1.62. The van der Waals surface area contributed by atoms with E-state index in [-0.39, 0.29) is 0 Å². The lowest BCUT2D eigenvalue weighted by Crippen LogP contribution is -2.40. The van der Waals surface area contributed by atoms with Gasteiger partial charge in [0.25, 0.3) is 0 Å². The molecule has 0 N–H and O–H groups in total.